The van der Waals surface area contributed by atoms with Crippen molar-refractivity contribution in [2.24, 2.45) is 17.3 Å². The average molecular weight is 308 g/mol. The van der Waals surface area contributed by atoms with E-state index in [4.69, 9.17) is 4.74 Å². The highest BCUT2D eigenvalue weighted by molar-refractivity contribution is 5.76. The Morgan fingerprint density at radius 1 is 1.14 bits per heavy atom. The van der Waals surface area contributed by atoms with E-state index < -0.39 is 0 Å². The summed E-state index contributed by atoms with van der Waals surface area (Å²) in [6.45, 7) is 7.14. The van der Waals surface area contributed by atoms with Crippen molar-refractivity contribution in [3.8, 4) is 0 Å². The number of nitrogens with one attached hydrogen (secondary N) is 2. The Morgan fingerprint density at radius 2 is 1.91 bits per heavy atom. The van der Waals surface area contributed by atoms with Crippen LogP contribution in [0, 0.1) is 17.3 Å². The molecule has 0 spiro atoms. The van der Waals surface area contributed by atoms with Crippen LogP contribution in [0.25, 0.3) is 0 Å². The van der Waals surface area contributed by atoms with E-state index in [0.717, 1.165) is 26.1 Å². The van der Waals surface area contributed by atoms with Crippen molar-refractivity contribution in [1.82, 2.24) is 10.6 Å². The SMILES string of the molecule is CC1(C)[C@H](NCCNC(=O)CC2CCCC2)[C@@H]2CCCO[C@@H]21. The van der Waals surface area contributed by atoms with E-state index in [2.05, 4.69) is 24.5 Å². The van der Waals surface area contributed by atoms with E-state index in [-0.39, 0.29) is 11.3 Å². The first-order chi connectivity index (χ1) is 10.6. The number of carbonyl (C=O) groups excluding carboxylic acids is 1. The van der Waals surface area contributed by atoms with Crippen molar-refractivity contribution in [2.45, 2.75) is 70.9 Å². The summed E-state index contributed by atoms with van der Waals surface area (Å²) < 4.78 is 5.93. The second-order valence-electron chi connectivity index (χ2n) is 8.06. The van der Waals surface area contributed by atoms with Gasteiger partial charge < -0.3 is 15.4 Å². The molecule has 3 aliphatic rings. The molecule has 4 nitrogen and oxygen atoms in total. The maximum absolute atomic E-state index is 11.9. The zero-order valence-electron chi connectivity index (χ0n) is 14.2. The summed E-state index contributed by atoms with van der Waals surface area (Å²) in [4.78, 5) is 11.9. The van der Waals surface area contributed by atoms with Gasteiger partial charge in [0.25, 0.3) is 0 Å². The largest absolute Gasteiger partial charge is 0.377 e. The molecule has 2 saturated carbocycles. The van der Waals surface area contributed by atoms with E-state index in [0.29, 0.717) is 24.0 Å². The van der Waals surface area contributed by atoms with E-state index in [9.17, 15) is 4.79 Å². The molecule has 0 aromatic rings. The quantitative estimate of drug-likeness (QED) is 0.741. The van der Waals surface area contributed by atoms with Crippen molar-refractivity contribution in [1.29, 1.82) is 0 Å². The second kappa shape index (κ2) is 6.88. The van der Waals surface area contributed by atoms with E-state index in [1.54, 1.807) is 0 Å². The third kappa shape index (κ3) is 3.33. The van der Waals surface area contributed by atoms with Crippen LogP contribution in [0.2, 0.25) is 0 Å². The first-order valence-electron chi connectivity index (χ1n) is 9.20. The van der Waals surface area contributed by atoms with Gasteiger partial charge in [0.15, 0.2) is 0 Å². The van der Waals surface area contributed by atoms with Gasteiger partial charge in [-0.25, -0.2) is 0 Å². The summed E-state index contributed by atoms with van der Waals surface area (Å²) in [5.41, 5.74) is 0.221. The number of ether oxygens (including phenoxy) is 1. The molecule has 0 aromatic carbocycles. The molecule has 4 heteroatoms. The van der Waals surface area contributed by atoms with E-state index >= 15 is 0 Å². The average Bonchev–Trinajstić information content (AvgIpc) is 2.99. The summed E-state index contributed by atoms with van der Waals surface area (Å²) >= 11 is 0. The Morgan fingerprint density at radius 3 is 2.68 bits per heavy atom. The van der Waals surface area contributed by atoms with Gasteiger partial charge in [0, 0.05) is 43.5 Å². The Balaban J connectivity index is 1.33. The summed E-state index contributed by atoms with van der Waals surface area (Å²) in [5, 5.41) is 6.74. The zero-order valence-corrected chi connectivity index (χ0v) is 14.2. The number of amides is 1. The highest BCUT2D eigenvalue weighted by atomic mass is 16.5. The lowest BCUT2D eigenvalue weighted by Crippen LogP contribution is -2.69. The summed E-state index contributed by atoms with van der Waals surface area (Å²) in [6.07, 6.45) is 8.72. The topological polar surface area (TPSA) is 50.4 Å². The van der Waals surface area contributed by atoms with Gasteiger partial charge in [-0.15, -0.1) is 0 Å². The summed E-state index contributed by atoms with van der Waals surface area (Å²) in [6, 6.07) is 0.532. The van der Waals surface area contributed by atoms with Crippen LogP contribution in [0.4, 0.5) is 0 Å². The molecule has 1 saturated heterocycles. The van der Waals surface area contributed by atoms with Crippen LogP contribution >= 0.6 is 0 Å². The summed E-state index contributed by atoms with van der Waals surface area (Å²) in [5.74, 6) is 1.54. The number of carbonyl (C=O) groups is 1. The van der Waals surface area contributed by atoms with Crippen LogP contribution in [0.3, 0.4) is 0 Å². The van der Waals surface area contributed by atoms with Crippen LogP contribution in [-0.4, -0.2) is 37.7 Å². The molecule has 22 heavy (non-hydrogen) atoms. The molecule has 0 unspecified atom stereocenters. The molecule has 2 N–H and O–H groups in total. The Kier molecular flexibility index (Phi) is 5.08. The molecular formula is C18H32N2O2. The van der Waals surface area contributed by atoms with Gasteiger partial charge in [-0.05, 0) is 31.6 Å². The first-order valence-corrected chi connectivity index (χ1v) is 9.20. The lowest BCUT2D eigenvalue weighted by molar-refractivity contribution is -0.192. The van der Waals surface area contributed by atoms with Crippen LogP contribution < -0.4 is 10.6 Å². The Bertz CT molecular complexity index is 391. The molecule has 0 radical (unpaired) electrons. The fourth-order valence-corrected chi connectivity index (χ4v) is 4.92. The molecule has 3 fully saturated rings. The lowest BCUT2D eigenvalue weighted by Gasteiger charge is -2.60. The van der Waals surface area contributed by atoms with Gasteiger partial charge in [0.1, 0.15) is 0 Å². The zero-order chi connectivity index (χ0) is 15.6. The van der Waals surface area contributed by atoms with Gasteiger partial charge >= 0.3 is 0 Å². The van der Waals surface area contributed by atoms with E-state index in [1.165, 1.54) is 38.5 Å². The van der Waals surface area contributed by atoms with E-state index in [1.807, 2.05) is 0 Å². The molecule has 1 aliphatic heterocycles. The molecule has 0 aromatic heterocycles. The van der Waals surface area contributed by atoms with Crippen molar-refractivity contribution in [3.05, 3.63) is 0 Å². The van der Waals surface area contributed by atoms with Crippen molar-refractivity contribution < 1.29 is 9.53 Å². The minimum Gasteiger partial charge on any atom is -0.377 e. The van der Waals surface area contributed by atoms with Crippen LogP contribution in [0.15, 0.2) is 0 Å². The monoisotopic (exact) mass is 308 g/mol. The fraction of sp³-hybridized carbons (Fsp3) is 0.944. The molecule has 1 heterocycles. The van der Waals surface area contributed by atoms with Gasteiger partial charge in [0.2, 0.25) is 5.91 Å². The highest BCUT2D eigenvalue weighted by Crippen LogP contribution is 2.51. The molecular weight excluding hydrogens is 276 g/mol. The Hall–Kier alpha value is -0.610. The van der Waals surface area contributed by atoms with Gasteiger partial charge in [-0.1, -0.05) is 26.7 Å². The number of hydrogen-bond acceptors (Lipinski definition) is 3. The van der Waals surface area contributed by atoms with Crippen LogP contribution in [-0.2, 0) is 9.53 Å². The number of hydrogen-bond donors (Lipinski definition) is 2. The van der Waals surface area contributed by atoms with Crippen molar-refractivity contribution in [3.63, 3.8) is 0 Å². The molecule has 3 atom stereocenters. The third-order valence-corrected chi connectivity index (χ3v) is 6.09. The fourth-order valence-electron chi connectivity index (χ4n) is 4.92. The smallest absolute Gasteiger partial charge is 0.220 e. The van der Waals surface area contributed by atoms with Gasteiger partial charge in [-0.3, -0.25) is 4.79 Å². The maximum atomic E-state index is 11.9. The molecule has 1 amide bonds. The Labute approximate surface area is 134 Å². The summed E-state index contributed by atoms with van der Waals surface area (Å²) in [7, 11) is 0. The van der Waals surface area contributed by atoms with Crippen molar-refractivity contribution >= 4 is 5.91 Å². The number of rotatable bonds is 6. The normalized spacial score (nSPS) is 34.0. The predicted molar refractivity (Wildman–Crippen MR) is 87.6 cm³/mol. The first kappa shape index (κ1) is 16.3. The lowest BCUT2D eigenvalue weighted by atomic mass is 9.55. The highest BCUT2D eigenvalue weighted by Gasteiger charge is 2.57. The van der Waals surface area contributed by atoms with Crippen LogP contribution in [0.5, 0.6) is 0 Å². The number of fused-ring (bicyclic) bond motifs is 1. The maximum Gasteiger partial charge on any atom is 0.220 e. The molecule has 2 aliphatic carbocycles. The molecule has 3 rings (SSSR count). The standard InChI is InChI=1S/C18H32N2O2/c1-18(2)16(14-8-5-11-22-17(14)18)20-10-9-19-15(21)12-13-6-3-4-7-13/h13-14,16-17,20H,3-12H2,1-2H3,(H,19,21)/t14-,16+,17-/m0/s1. The molecule has 0 bridgehead atoms. The van der Waals surface area contributed by atoms with Crippen LogP contribution in [0.1, 0.15) is 58.8 Å². The van der Waals surface area contributed by atoms with Gasteiger partial charge in [0.05, 0.1) is 6.10 Å². The van der Waals surface area contributed by atoms with Gasteiger partial charge in [-0.2, -0.15) is 0 Å². The minimum atomic E-state index is 0.221. The molecule has 126 valence electrons. The third-order valence-electron chi connectivity index (χ3n) is 6.09. The van der Waals surface area contributed by atoms with Crippen molar-refractivity contribution in [2.75, 3.05) is 19.7 Å². The predicted octanol–water partition coefficient (Wildman–Crippen LogP) is 2.48. The second-order valence-corrected chi connectivity index (χ2v) is 8.06. The minimum absolute atomic E-state index is 0.221.